The van der Waals surface area contributed by atoms with Crippen molar-refractivity contribution < 1.29 is 19.5 Å². The van der Waals surface area contributed by atoms with Gasteiger partial charge in [0.15, 0.2) is 0 Å². The van der Waals surface area contributed by atoms with Crippen LogP contribution in [0.25, 0.3) is 0 Å². The number of H-pyrrole nitrogens is 2. The molecule has 2 heterocycles. The monoisotopic (exact) mass is 292 g/mol. The third kappa shape index (κ3) is 4.05. The van der Waals surface area contributed by atoms with Gasteiger partial charge in [-0.15, -0.1) is 0 Å². The Hall–Kier alpha value is -0.817. The largest absolute Gasteiger partial charge is 0.368 e. The van der Waals surface area contributed by atoms with Gasteiger partial charge in [0.25, 0.3) is 0 Å². The molecule has 15 heavy (non-hydrogen) atoms. The molecule has 0 spiro atoms. The molecule has 0 aliphatic carbocycles. The van der Waals surface area contributed by atoms with Crippen molar-refractivity contribution in [2.24, 2.45) is 0 Å². The molecule has 0 saturated carbocycles. The van der Waals surface area contributed by atoms with Crippen LogP contribution >= 0.6 is 0 Å². The number of rotatable bonds is 0. The Morgan fingerprint density at radius 3 is 1.33 bits per heavy atom. The van der Waals surface area contributed by atoms with Gasteiger partial charge in [-0.25, -0.2) is 0 Å². The number of aromatic nitrogens is 2. The number of aryl methyl sites for hydroxylation is 2. The van der Waals surface area contributed by atoms with Crippen molar-refractivity contribution in [1.82, 2.24) is 9.97 Å². The normalized spacial score (nSPS) is 8.80. The van der Waals surface area contributed by atoms with E-state index in [2.05, 4.69) is 37.7 Å². The maximum absolute atomic E-state index is 3.28. The van der Waals surface area contributed by atoms with Gasteiger partial charge in [-0.3, -0.25) is 0 Å². The first kappa shape index (κ1) is 14.2. The van der Waals surface area contributed by atoms with Crippen LogP contribution in [0, 0.1) is 27.7 Å². The fraction of sp³-hybridized carbons (Fsp3) is 0.333. The van der Waals surface area contributed by atoms with Gasteiger partial charge in [-0.2, -0.15) is 0 Å². The second-order valence-electron chi connectivity index (χ2n) is 3.51. The molecule has 2 rings (SSSR count). The summed E-state index contributed by atoms with van der Waals surface area (Å²) in [4.78, 5) is 6.14. The summed E-state index contributed by atoms with van der Waals surface area (Å²) < 4.78 is 0. The molecule has 0 amide bonds. The maximum atomic E-state index is 3.28. The molecule has 0 radical (unpaired) electrons. The first-order valence-electron chi connectivity index (χ1n) is 4.83. The summed E-state index contributed by atoms with van der Waals surface area (Å²) in [6, 6.07) is 3.89. The summed E-state index contributed by atoms with van der Waals surface area (Å²) >= 11 is 0. The van der Waals surface area contributed by atoms with E-state index in [1.54, 1.807) is 0 Å². The van der Waals surface area contributed by atoms with Crippen LogP contribution in [0.5, 0.6) is 0 Å². The molecule has 0 aromatic carbocycles. The maximum Gasteiger partial charge on any atom is 0.0150 e. The van der Waals surface area contributed by atoms with Gasteiger partial charge >= 0.3 is 0 Å². The summed E-state index contributed by atoms with van der Waals surface area (Å²) in [6.07, 6.45) is 3.75. The van der Waals surface area contributed by atoms with Gasteiger partial charge in [-0.05, 0) is 51.0 Å². The topological polar surface area (TPSA) is 31.6 Å². The minimum Gasteiger partial charge on any atom is -0.368 e. The van der Waals surface area contributed by atoms with Crippen molar-refractivity contribution in [2.45, 2.75) is 27.7 Å². The van der Waals surface area contributed by atoms with E-state index in [1.807, 2.05) is 24.5 Å². The van der Waals surface area contributed by atoms with E-state index in [0.29, 0.717) is 0 Å². The Bertz CT molecular complexity index is 335. The summed E-state index contributed by atoms with van der Waals surface area (Å²) in [5, 5.41) is 0. The Kier molecular flexibility index (Phi) is 6.27. The fourth-order valence-electron chi connectivity index (χ4n) is 1.31. The Balaban J connectivity index is 0.000000280. The smallest absolute Gasteiger partial charge is 0.0150 e. The van der Waals surface area contributed by atoms with Crippen LogP contribution in [0.2, 0.25) is 0 Å². The zero-order valence-corrected chi connectivity index (χ0v) is 11.4. The molecule has 3 heteroatoms. The molecule has 0 saturated heterocycles. The fourth-order valence-corrected chi connectivity index (χ4v) is 1.31. The predicted octanol–water partition coefficient (Wildman–Crippen LogP) is 3.26. The molecule has 0 aliphatic rings. The molecular weight excluding hydrogens is 273 g/mol. The van der Waals surface area contributed by atoms with Crippen LogP contribution in [0.4, 0.5) is 0 Å². The molecule has 0 bridgehead atoms. The molecule has 0 atom stereocenters. The van der Waals surface area contributed by atoms with Crippen molar-refractivity contribution >= 4 is 0 Å². The van der Waals surface area contributed by atoms with Gasteiger partial charge in [0, 0.05) is 43.3 Å². The van der Waals surface area contributed by atoms with Crippen LogP contribution in [-0.4, -0.2) is 9.97 Å². The van der Waals surface area contributed by atoms with Crippen molar-refractivity contribution in [1.29, 1.82) is 0 Å². The molecule has 0 aliphatic heterocycles. The minimum absolute atomic E-state index is 0. The average molecular weight is 291 g/mol. The van der Waals surface area contributed by atoms with Crippen LogP contribution in [0.1, 0.15) is 22.5 Å². The molecule has 2 aromatic rings. The van der Waals surface area contributed by atoms with E-state index in [0.717, 1.165) is 0 Å². The van der Waals surface area contributed by atoms with Gasteiger partial charge < -0.3 is 9.97 Å². The Morgan fingerprint density at radius 2 is 1.20 bits per heavy atom. The van der Waals surface area contributed by atoms with E-state index >= 15 is 0 Å². The SMILES string of the molecule is Cc1[nH]c(C)c(C)c1C.[Ru].c1cc[nH]c1. The number of hydrogen-bond donors (Lipinski definition) is 2. The average Bonchev–Trinajstić information content (AvgIpc) is 2.78. The second-order valence-corrected chi connectivity index (χ2v) is 3.51. The second kappa shape index (κ2) is 6.63. The zero-order chi connectivity index (χ0) is 10.6. The van der Waals surface area contributed by atoms with Crippen LogP contribution in [0.3, 0.4) is 0 Å². The minimum atomic E-state index is 0. The van der Waals surface area contributed by atoms with Crippen LogP contribution < -0.4 is 0 Å². The van der Waals surface area contributed by atoms with Gasteiger partial charge in [0.1, 0.15) is 0 Å². The first-order chi connectivity index (χ1) is 6.63. The van der Waals surface area contributed by atoms with Crippen molar-refractivity contribution in [3.8, 4) is 0 Å². The van der Waals surface area contributed by atoms with Crippen molar-refractivity contribution in [2.75, 3.05) is 0 Å². The molecule has 0 unspecified atom stereocenters. The summed E-state index contributed by atoms with van der Waals surface area (Å²) in [5.74, 6) is 0. The molecular formula is C12H18N2Ru. The first-order valence-corrected chi connectivity index (χ1v) is 4.83. The third-order valence-electron chi connectivity index (χ3n) is 2.56. The quantitative estimate of drug-likeness (QED) is 0.698. The van der Waals surface area contributed by atoms with E-state index in [4.69, 9.17) is 0 Å². The summed E-state index contributed by atoms with van der Waals surface area (Å²) in [6.45, 7) is 8.51. The summed E-state index contributed by atoms with van der Waals surface area (Å²) in [5.41, 5.74) is 5.38. The van der Waals surface area contributed by atoms with Gasteiger partial charge in [0.05, 0.1) is 0 Å². The van der Waals surface area contributed by atoms with Gasteiger partial charge in [0.2, 0.25) is 0 Å². The zero-order valence-electron chi connectivity index (χ0n) is 9.66. The number of nitrogens with one attached hydrogen (secondary N) is 2. The van der Waals surface area contributed by atoms with Crippen LogP contribution in [0.15, 0.2) is 24.5 Å². The summed E-state index contributed by atoms with van der Waals surface area (Å²) in [7, 11) is 0. The van der Waals surface area contributed by atoms with E-state index in [1.165, 1.54) is 22.5 Å². The van der Waals surface area contributed by atoms with Crippen LogP contribution in [-0.2, 0) is 19.5 Å². The van der Waals surface area contributed by atoms with E-state index in [-0.39, 0.29) is 19.5 Å². The molecule has 84 valence electrons. The Labute approximate surface area is 104 Å². The number of hydrogen-bond acceptors (Lipinski definition) is 0. The standard InChI is InChI=1S/C8H13N.C4H5N.Ru/c1-5-6(2)8(4)9-7(5)3;1-2-4-5-3-1;/h9H,1-4H3;1-5H;. The molecule has 0 fully saturated rings. The predicted molar refractivity (Wildman–Crippen MR) is 60.5 cm³/mol. The van der Waals surface area contributed by atoms with Crippen molar-refractivity contribution in [3.63, 3.8) is 0 Å². The molecule has 2 N–H and O–H groups in total. The van der Waals surface area contributed by atoms with E-state index < -0.39 is 0 Å². The van der Waals surface area contributed by atoms with Crippen molar-refractivity contribution in [3.05, 3.63) is 47.0 Å². The Morgan fingerprint density at radius 1 is 0.800 bits per heavy atom. The third-order valence-corrected chi connectivity index (χ3v) is 2.56. The van der Waals surface area contributed by atoms with Gasteiger partial charge in [-0.1, -0.05) is 0 Å². The number of aromatic amines is 2. The molecule has 2 nitrogen and oxygen atoms in total. The van der Waals surface area contributed by atoms with E-state index in [9.17, 15) is 0 Å². The molecule has 2 aromatic heterocycles.